The molecule has 2 N–H and O–H groups in total. The fraction of sp³-hybridized carbons (Fsp3) is 0.412. The van der Waals surface area contributed by atoms with Crippen LogP contribution in [0.4, 0.5) is 10.5 Å². The molecule has 1 aliphatic heterocycles. The summed E-state index contributed by atoms with van der Waals surface area (Å²) in [4.78, 5) is 17.3. The van der Waals surface area contributed by atoms with Gasteiger partial charge in [0.1, 0.15) is 11.8 Å². The van der Waals surface area contributed by atoms with Gasteiger partial charge >= 0.3 is 6.09 Å². The smallest absolute Gasteiger partial charge is 0.404 e. The standard InChI is InChI=1S/C17H20ClN3O2/c1-10(2)12-3-4-15(14-8-20-16(18)7-13(12)14)21-6-5-11(21)9-23-17(19)22/h3-4,7-8,10-11H,5-6,9H2,1-2H3,(H2,19,22)/t11-/m0/s1. The van der Waals surface area contributed by atoms with Gasteiger partial charge in [-0.25, -0.2) is 9.78 Å². The van der Waals surface area contributed by atoms with Crippen molar-refractivity contribution >= 4 is 34.2 Å². The van der Waals surface area contributed by atoms with Crippen LogP contribution in [0.15, 0.2) is 24.4 Å². The molecule has 0 radical (unpaired) electrons. The molecule has 2 heterocycles. The molecule has 0 saturated carbocycles. The lowest BCUT2D eigenvalue weighted by Gasteiger charge is -2.43. The van der Waals surface area contributed by atoms with Crippen LogP contribution in [-0.4, -0.2) is 30.3 Å². The summed E-state index contributed by atoms with van der Waals surface area (Å²) < 4.78 is 4.95. The first kappa shape index (κ1) is 15.9. The van der Waals surface area contributed by atoms with Crippen LogP contribution in [0.5, 0.6) is 0 Å². The number of carbonyl (C=O) groups excluding carboxylic acids is 1. The molecule has 122 valence electrons. The van der Waals surface area contributed by atoms with Crippen molar-refractivity contribution in [2.24, 2.45) is 5.73 Å². The molecule has 1 atom stereocenters. The van der Waals surface area contributed by atoms with Crippen LogP contribution < -0.4 is 10.6 Å². The number of ether oxygens (including phenoxy) is 1. The lowest BCUT2D eigenvalue weighted by atomic mass is 9.94. The van der Waals surface area contributed by atoms with Gasteiger partial charge in [0.15, 0.2) is 0 Å². The van der Waals surface area contributed by atoms with Crippen molar-refractivity contribution in [3.05, 3.63) is 35.1 Å². The number of aromatic nitrogens is 1. The van der Waals surface area contributed by atoms with Gasteiger partial charge in [-0.05, 0) is 35.4 Å². The molecule has 0 spiro atoms. The number of benzene rings is 1. The van der Waals surface area contributed by atoms with Gasteiger partial charge in [-0.2, -0.15) is 0 Å². The number of nitrogens with two attached hydrogens (primary N) is 1. The van der Waals surface area contributed by atoms with Crippen LogP contribution in [0.1, 0.15) is 31.7 Å². The summed E-state index contributed by atoms with van der Waals surface area (Å²) in [5, 5.41) is 2.69. The molecule has 1 aliphatic rings. The summed E-state index contributed by atoms with van der Waals surface area (Å²) in [5.74, 6) is 0.399. The van der Waals surface area contributed by atoms with E-state index in [1.807, 2.05) is 12.3 Å². The van der Waals surface area contributed by atoms with Gasteiger partial charge in [0.05, 0.1) is 6.04 Å². The van der Waals surface area contributed by atoms with Crippen LogP contribution >= 0.6 is 11.6 Å². The Morgan fingerprint density at radius 3 is 2.87 bits per heavy atom. The normalized spacial score (nSPS) is 17.4. The molecule has 0 unspecified atom stereocenters. The molecule has 1 saturated heterocycles. The first-order valence-electron chi connectivity index (χ1n) is 7.74. The molecule has 3 rings (SSSR count). The maximum absolute atomic E-state index is 10.8. The SMILES string of the molecule is CC(C)c1ccc(N2CC[C@H]2COC(N)=O)c2cnc(Cl)cc12. The van der Waals surface area contributed by atoms with Gasteiger partial charge in [-0.1, -0.05) is 31.5 Å². The Hall–Kier alpha value is -2.01. The number of nitrogens with zero attached hydrogens (tertiary/aromatic N) is 2. The molecule has 0 bridgehead atoms. The van der Waals surface area contributed by atoms with Gasteiger partial charge in [0, 0.05) is 23.8 Å². The lowest BCUT2D eigenvalue weighted by Crippen LogP contribution is -2.51. The number of amides is 1. The van der Waals surface area contributed by atoms with Crippen LogP contribution in [0, 0.1) is 0 Å². The average molecular weight is 334 g/mol. The Morgan fingerprint density at radius 2 is 2.26 bits per heavy atom. The zero-order valence-electron chi connectivity index (χ0n) is 13.3. The van der Waals surface area contributed by atoms with Gasteiger partial charge in [0.25, 0.3) is 0 Å². The number of fused-ring (bicyclic) bond motifs is 1. The average Bonchev–Trinajstić information content (AvgIpc) is 2.45. The fourth-order valence-corrected chi connectivity index (χ4v) is 3.24. The highest BCUT2D eigenvalue weighted by atomic mass is 35.5. The van der Waals surface area contributed by atoms with E-state index >= 15 is 0 Å². The molecule has 1 amide bonds. The van der Waals surface area contributed by atoms with Crippen molar-refractivity contribution in [1.82, 2.24) is 4.98 Å². The monoisotopic (exact) mass is 333 g/mol. The van der Waals surface area contributed by atoms with Crippen molar-refractivity contribution in [3.63, 3.8) is 0 Å². The number of hydrogen-bond donors (Lipinski definition) is 1. The molecular weight excluding hydrogens is 314 g/mol. The maximum atomic E-state index is 10.8. The van der Waals surface area contributed by atoms with Crippen LogP contribution in [0.25, 0.3) is 10.8 Å². The van der Waals surface area contributed by atoms with Gasteiger partial charge in [-0.15, -0.1) is 0 Å². The number of pyridine rings is 1. The summed E-state index contributed by atoms with van der Waals surface area (Å²) in [5.41, 5.74) is 7.40. The summed E-state index contributed by atoms with van der Waals surface area (Å²) in [6.07, 6.45) is 2.07. The fourth-order valence-electron chi connectivity index (χ4n) is 3.08. The third-order valence-corrected chi connectivity index (χ3v) is 4.58. The minimum atomic E-state index is -0.731. The summed E-state index contributed by atoms with van der Waals surface area (Å²) in [6, 6.07) is 6.34. The van der Waals surface area contributed by atoms with Crippen LogP contribution in [-0.2, 0) is 4.74 Å². The molecule has 6 heteroatoms. The first-order valence-corrected chi connectivity index (χ1v) is 8.12. The zero-order chi connectivity index (χ0) is 16.6. The van der Waals surface area contributed by atoms with Crippen molar-refractivity contribution in [1.29, 1.82) is 0 Å². The van der Waals surface area contributed by atoms with E-state index in [0.717, 1.165) is 29.4 Å². The quantitative estimate of drug-likeness (QED) is 0.866. The third-order valence-electron chi connectivity index (χ3n) is 4.37. The van der Waals surface area contributed by atoms with E-state index < -0.39 is 6.09 Å². The second kappa shape index (κ2) is 6.24. The minimum absolute atomic E-state index is 0.159. The topological polar surface area (TPSA) is 68.5 Å². The summed E-state index contributed by atoms with van der Waals surface area (Å²) >= 11 is 6.09. The Labute approximate surface area is 140 Å². The van der Waals surface area contributed by atoms with Crippen molar-refractivity contribution in [2.75, 3.05) is 18.1 Å². The van der Waals surface area contributed by atoms with Gasteiger partial charge in [0.2, 0.25) is 0 Å². The number of hydrogen-bond acceptors (Lipinski definition) is 4. The van der Waals surface area contributed by atoms with Crippen LogP contribution in [0.3, 0.4) is 0 Å². The second-order valence-corrected chi connectivity index (χ2v) is 6.53. The largest absolute Gasteiger partial charge is 0.448 e. The number of carbonyl (C=O) groups is 1. The van der Waals surface area contributed by atoms with E-state index in [4.69, 9.17) is 22.1 Å². The molecule has 0 aliphatic carbocycles. The Balaban J connectivity index is 1.99. The van der Waals surface area contributed by atoms with Crippen molar-refractivity contribution < 1.29 is 9.53 Å². The highest BCUT2D eigenvalue weighted by Crippen LogP contribution is 2.37. The molecular formula is C17H20ClN3O2. The Bertz CT molecular complexity index is 748. The summed E-state index contributed by atoms with van der Waals surface area (Å²) in [7, 11) is 0. The molecule has 23 heavy (non-hydrogen) atoms. The van der Waals surface area contributed by atoms with E-state index in [0.29, 0.717) is 17.7 Å². The highest BCUT2D eigenvalue weighted by molar-refractivity contribution is 6.30. The molecule has 1 fully saturated rings. The van der Waals surface area contributed by atoms with Gasteiger partial charge < -0.3 is 15.4 Å². The van der Waals surface area contributed by atoms with Gasteiger partial charge in [-0.3, -0.25) is 0 Å². The lowest BCUT2D eigenvalue weighted by molar-refractivity contribution is 0.139. The number of primary amides is 1. The van der Waals surface area contributed by atoms with Crippen molar-refractivity contribution in [3.8, 4) is 0 Å². The zero-order valence-corrected chi connectivity index (χ0v) is 14.0. The van der Waals surface area contributed by atoms with Crippen molar-refractivity contribution in [2.45, 2.75) is 32.2 Å². The molecule has 1 aromatic heterocycles. The number of halogens is 1. The minimum Gasteiger partial charge on any atom is -0.448 e. The number of anilines is 1. The highest BCUT2D eigenvalue weighted by Gasteiger charge is 2.30. The molecule has 5 nitrogen and oxygen atoms in total. The van der Waals surface area contributed by atoms with Crippen LogP contribution in [0.2, 0.25) is 5.15 Å². The third kappa shape index (κ3) is 3.06. The van der Waals surface area contributed by atoms with E-state index in [1.54, 1.807) is 0 Å². The molecule has 2 aromatic rings. The predicted molar refractivity (Wildman–Crippen MR) is 92.1 cm³/mol. The molecule has 1 aromatic carbocycles. The summed E-state index contributed by atoms with van der Waals surface area (Å²) in [6.45, 7) is 5.56. The second-order valence-electron chi connectivity index (χ2n) is 6.15. The van der Waals surface area contributed by atoms with E-state index in [-0.39, 0.29) is 6.04 Å². The van der Waals surface area contributed by atoms with E-state index in [1.165, 1.54) is 5.56 Å². The van der Waals surface area contributed by atoms with E-state index in [9.17, 15) is 4.79 Å². The maximum Gasteiger partial charge on any atom is 0.404 e. The Kier molecular flexibility index (Phi) is 4.31. The first-order chi connectivity index (χ1) is 11.0. The predicted octanol–water partition coefficient (Wildman–Crippen LogP) is 3.69. The number of rotatable bonds is 4. The Morgan fingerprint density at radius 1 is 1.48 bits per heavy atom. The van der Waals surface area contributed by atoms with E-state index in [2.05, 4.69) is 35.9 Å².